The molecule has 1 N–H and O–H groups in total. The van der Waals surface area contributed by atoms with Gasteiger partial charge < -0.3 is 5.11 Å². The van der Waals surface area contributed by atoms with Crippen LogP contribution in [0.25, 0.3) is 0 Å². The number of carbonyl (C=O) groups excluding carboxylic acids is 1. The van der Waals surface area contributed by atoms with Crippen molar-refractivity contribution in [2.75, 3.05) is 0 Å². The van der Waals surface area contributed by atoms with Gasteiger partial charge >= 0.3 is 0 Å². The summed E-state index contributed by atoms with van der Waals surface area (Å²) in [6.45, 7) is 5.14. The van der Waals surface area contributed by atoms with Gasteiger partial charge in [0.15, 0.2) is 0 Å². The van der Waals surface area contributed by atoms with Gasteiger partial charge in [-0.05, 0) is 6.92 Å². The Balaban J connectivity index is 3.05. The summed E-state index contributed by atoms with van der Waals surface area (Å²) < 4.78 is 0. The molecule has 3 heteroatoms. The smallest absolute Gasteiger partial charge is 0.273 e. The summed E-state index contributed by atoms with van der Waals surface area (Å²) >= 11 is 0. The van der Waals surface area contributed by atoms with Crippen LogP contribution in [0.15, 0.2) is 29.0 Å². The number of hydrogen-bond acceptors (Lipinski definition) is 2. The van der Waals surface area contributed by atoms with Gasteiger partial charge in [0.1, 0.15) is 5.76 Å². The van der Waals surface area contributed by atoms with E-state index < -0.39 is 5.91 Å². The van der Waals surface area contributed by atoms with Crippen LogP contribution in [0.5, 0.6) is 0 Å². The number of allylic oxidation sites excluding steroid dienone is 1. The van der Waals surface area contributed by atoms with E-state index >= 15 is 0 Å². The van der Waals surface area contributed by atoms with E-state index in [0.717, 1.165) is 6.08 Å². The first kappa shape index (κ1) is 6.74. The van der Waals surface area contributed by atoms with E-state index in [-0.39, 0.29) is 5.76 Å². The third-order valence-corrected chi connectivity index (χ3v) is 1.28. The van der Waals surface area contributed by atoms with Gasteiger partial charge in [-0.25, -0.2) is 4.99 Å². The van der Waals surface area contributed by atoms with Gasteiger partial charge in [-0.1, -0.05) is 6.58 Å². The zero-order valence-electron chi connectivity index (χ0n) is 5.59. The molecule has 0 bridgehead atoms. The molecule has 0 spiro atoms. The van der Waals surface area contributed by atoms with Crippen LogP contribution in [0, 0.1) is 0 Å². The van der Waals surface area contributed by atoms with E-state index in [9.17, 15) is 4.79 Å². The van der Waals surface area contributed by atoms with E-state index in [2.05, 4.69) is 11.6 Å². The Morgan fingerprint density at radius 3 is 2.80 bits per heavy atom. The van der Waals surface area contributed by atoms with Crippen LogP contribution < -0.4 is 0 Å². The molecule has 0 aromatic rings. The van der Waals surface area contributed by atoms with Gasteiger partial charge in [0, 0.05) is 11.6 Å². The Labute approximate surface area is 58.4 Å². The lowest BCUT2D eigenvalue weighted by Gasteiger charge is -2.06. The highest BCUT2D eigenvalue weighted by Crippen LogP contribution is 2.11. The van der Waals surface area contributed by atoms with Crippen molar-refractivity contribution in [2.45, 2.75) is 6.92 Å². The number of carbonyl (C=O) groups is 1. The van der Waals surface area contributed by atoms with E-state index in [1.54, 1.807) is 6.92 Å². The maximum Gasteiger partial charge on any atom is 0.273 e. The van der Waals surface area contributed by atoms with Crippen molar-refractivity contribution < 1.29 is 9.90 Å². The number of nitrogens with zero attached hydrogens (tertiary/aromatic N) is 1. The molecule has 0 aromatic heterocycles. The van der Waals surface area contributed by atoms with Gasteiger partial charge in [0.05, 0.1) is 5.71 Å². The van der Waals surface area contributed by atoms with Crippen molar-refractivity contribution >= 4 is 11.6 Å². The highest BCUT2D eigenvalue weighted by Gasteiger charge is 2.12. The maximum absolute atomic E-state index is 10.6. The van der Waals surface area contributed by atoms with Crippen molar-refractivity contribution in [2.24, 2.45) is 4.99 Å². The molecule has 1 aliphatic heterocycles. The summed E-state index contributed by atoms with van der Waals surface area (Å²) in [5, 5.41) is 8.98. The second kappa shape index (κ2) is 2.10. The second-order valence-corrected chi connectivity index (χ2v) is 2.04. The van der Waals surface area contributed by atoms with Crippen molar-refractivity contribution in [1.29, 1.82) is 0 Å². The molecule has 3 nitrogen and oxygen atoms in total. The number of aliphatic imine (C=N–C) groups is 1. The normalized spacial score (nSPS) is 18.5. The van der Waals surface area contributed by atoms with Crippen LogP contribution in [0.1, 0.15) is 6.92 Å². The predicted octanol–water partition coefficient (Wildman–Crippen LogP) is 0.986. The third-order valence-electron chi connectivity index (χ3n) is 1.28. The molecular weight excluding hydrogens is 130 g/mol. The summed E-state index contributed by atoms with van der Waals surface area (Å²) in [7, 11) is 0. The average Bonchev–Trinajstić information content (AvgIpc) is 1.82. The maximum atomic E-state index is 10.6. The molecule has 1 aliphatic rings. The molecule has 0 atom stereocenters. The molecule has 0 unspecified atom stereocenters. The summed E-state index contributed by atoms with van der Waals surface area (Å²) in [4.78, 5) is 14.1. The lowest BCUT2D eigenvalue weighted by molar-refractivity contribution is -0.113. The highest BCUT2D eigenvalue weighted by atomic mass is 16.3. The van der Waals surface area contributed by atoms with Crippen LogP contribution in [-0.2, 0) is 4.79 Å². The quantitative estimate of drug-likeness (QED) is 0.541. The van der Waals surface area contributed by atoms with E-state index in [4.69, 9.17) is 5.11 Å². The standard InChI is InChI=1S/C7H7NO2/c1-4-5(2)8-7(10)3-6(4)9/h3,9H,1H2,2H3. The first-order valence-corrected chi connectivity index (χ1v) is 2.81. The summed E-state index contributed by atoms with van der Waals surface area (Å²) in [5.74, 6) is -0.514. The molecule has 1 heterocycles. The molecular formula is C7H7NO2. The predicted molar refractivity (Wildman–Crippen MR) is 38.0 cm³/mol. The van der Waals surface area contributed by atoms with Gasteiger partial charge in [-0.3, -0.25) is 4.79 Å². The minimum Gasteiger partial charge on any atom is -0.507 e. The molecule has 0 saturated heterocycles. The van der Waals surface area contributed by atoms with Crippen LogP contribution in [0.4, 0.5) is 0 Å². The summed E-state index contributed by atoms with van der Waals surface area (Å²) in [6, 6.07) is 0. The minimum absolute atomic E-state index is 0.0856. The Bertz CT molecular complexity index is 237. The molecule has 52 valence electrons. The molecule has 0 aromatic carbocycles. The van der Waals surface area contributed by atoms with E-state index in [1.165, 1.54) is 0 Å². The van der Waals surface area contributed by atoms with Crippen LogP contribution >= 0.6 is 0 Å². The number of hydrogen-bond donors (Lipinski definition) is 1. The van der Waals surface area contributed by atoms with Gasteiger partial charge in [-0.15, -0.1) is 0 Å². The van der Waals surface area contributed by atoms with E-state index in [0.29, 0.717) is 11.3 Å². The third kappa shape index (κ3) is 0.978. The Morgan fingerprint density at radius 2 is 2.30 bits per heavy atom. The molecule has 10 heavy (non-hydrogen) atoms. The summed E-state index contributed by atoms with van der Waals surface area (Å²) in [5.41, 5.74) is 0.893. The molecule has 0 radical (unpaired) electrons. The fourth-order valence-corrected chi connectivity index (χ4v) is 0.654. The number of aliphatic hydroxyl groups excluding tert-OH is 1. The van der Waals surface area contributed by atoms with Crippen LogP contribution in [0.3, 0.4) is 0 Å². The lowest BCUT2D eigenvalue weighted by Crippen LogP contribution is -2.09. The number of aliphatic hydroxyl groups is 1. The Morgan fingerprint density at radius 1 is 1.70 bits per heavy atom. The highest BCUT2D eigenvalue weighted by molar-refractivity contribution is 6.12. The number of amides is 1. The zero-order chi connectivity index (χ0) is 7.72. The second-order valence-electron chi connectivity index (χ2n) is 2.04. The molecule has 0 aliphatic carbocycles. The van der Waals surface area contributed by atoms with Gasteiger partial charge in [0.25, 0.3) is 5.91 Å². The first-order valence-electron chi connectivity index (χ1n) is 2.81. The largest absolute Gasteiger partial charge is 0.507 e. The molecule has 0 fully saturated rings. The average molecular weight is 137 g/mol. The SMILES string of the molecule is C=C1C(O)=CC(=O)N=C1C. The fraction of sp³-hybridized carbons (Fsp3) is 0.143. The Hall–Kier alpha value is -1.38. The monoisotopic (exact) mass is 137 g/mol. The molecule has 1 rings (SSSR count). The van der Waals surface area contributed by atoms with E-state index in [1.807, 2.05) is 0 Å². The van der Waals surface area contributed by atoms with Gasteiger partial charge in [-0.2, -0.15) is 0 Å². The van der Waals surface area contributed by atoms with Crippen molar-refractivity contribution in [3.8, 4) is 0 Å². The van der Waals surface area contributed by atoms with Crippen molar-refractivity contribution in [1.82, 2.24) is 0 Å². The van der Waals surface area contributed by atoms with Crippen molar-refractivity contribution in [3.63, 3.8) is 0 Å². The van der Waals surface area contributed by atoms with Crippen LogP contribution in [-0.4, -0.2) is 16.7 Å². The number of dihydropyridines is 1. The lowest BCUT2D eigenvalue weighted by atomic mass is 10.1. The Kier molecular flexibility index (Phi) is 1.41. The zero-order valence-corrected chi connectivity index (χ0v) is 5.59. The topological polar surface area (TPSA) is 49.7 Å². The van der Waals surface area contributed by atoms with Crippen LogP contribution in [0.2, 0.25) is 0 Å². The first-order chi connectivity index (χ1) is 4.61. The number of rotatable bonds is 0. The summed E-state index contributed by atoms with van der Waals surface area (Å²) in [6.07, 6.45) is 1.05. The van der Waals surface area contributed by atoms with Crippen molar-refractivity contribution in [3.05, 3.63) is 24.0 Å². The molecule has 0 saturated carbocycles. The molecule has 1 amide bonds. The minimum atomic E-state index is -0.428. The fourth-order valence-electron chi connectivity index (χ4n) is 0.654. The van der Waals surface area contributed by atoms with Gasteiger partial charge in [0.2, 0.25) is 0 Å².